The SMILES string of the molecule is CCCc1cc(C(=O)NCC2CCC2)cc(NN)n1. The van der Waals surface area contributed by atoms with Crippen LogP contribution in [0.25, 0.3) is 0 Å². The number of hydrogen-bond donors (Lipinski definition) is 3. The van der Waals surface area contributed by atoms with Crippen LogP contribution >= 0.6 is 0 Å². The number of rotatable bonds is 6. The van der Waals surface area contributed by atoms with Crippen LogP contribution in [0.1, 0.15) is 48.7 Å². The third kappa shape index (κ3) is 3.67. The number of nitrogens with zero attached hydrogens (tertiary/aromatic N) is 1. The predicted octanol–water partition coefficient (Wildman–Crippen LogP) is 1.85. The Kier molecular flexibility index (Phi) is 4.74. The molecule has 1 heterocycles. The summed E-state index contributed by atoms with van der Waals surface area (Å²) < 4.78 is 0. The zero-order chi connectivity index (χ0) is 13.7. The molecule has 0 aliphatic heterocycles. The number of hydrogen-bond acceptors (Lipinski definition) is 4. The van der Waals surface area contributed by atoms with Gasteiger partial charge in [-0.2, -0.15) is 0 Å². The van der Waals surface area contributed by atoms with Crippen LogP contribution in [0, 0.1) is 5.92 Å². The van der Waals surface area contributed by atoms with Gasteiger partial charge in [-0.25, -0.2) is 10.8 Å². The standard InChI is InChI=1S/C14H22N4O/c1-2-4-12-7-11(8-13(17-12)18-15)14(19)16-9-10-5-3-6-10/h7-8,10H,2-6,9,15H2,1H3,(H,16,19)(H,17,18). The van der Waals surface area contributed by atoms with Crippen molar-refractivity contribution in [2.45, 2.75) is 39.0 Å². The molecule has 0 atom stereocenters. The second-order valence-corrected chi connectivity index (χ2v) is 5.13. The summed E-state index contributed by atoms with van der Waals surface area (Å²) in [7, 11) is 0. The molecule has 5 heteroatoms. The van der Waals surface area contributed by atoms with E-state index in [1.807, 2.05) is 6.07 Å². The first kappa shape index (κ1) is 13.8. The maximum Gasteiger partial charge on any atom is 0.251 e. The number of aryl methyl sites for hydroxylation is 1. The highest BCUT2D eigenvalue weighted by atomic mass is 16.1. The van der Waals surface area contributed by atoms with E-state index < -0.39 is 0 Å². The summed E-state index contributed by atoms with van der Waals surface area (Å²) >= 11 is 0. The quantitative estimate of drug-likeness (QED) is 0.540. The van der Waals surface area contributed by atoms with Crippen molar-refractivity contribution in [1.82, 2.24) is 10.3 Å². The number of amides is 1. The third-order valence-corrected chi connectivity index (χ3v) is 3.57. The molecule has 0 unspecified atom stereocenters. The Labute approximate surface area is 114 Å². The van der Waals surface area contributed by atoms with Gasteiger partial charge in [-0.05, 0) is 37.3 Å². The van der Waals surface area contributed by atoms with E-state index in [2.05, 4.69) is 22.7 Å². The van der Waals surface area contributed by atoms with Gasteiger partial charge in [0.1, 0.15) is 5.82 Å². The van der Waals surface area contributed by atoms with Crippen molar-refractivity contribution in [1.29, 1.82) is 0 Å². The molecule has 2 rings (SSSR count). The van der Waals surface area contributed by atoms with Gasteiger partial charge in [-0.3, -0.25) is 4.79 Å². The number of hydrazine groups is 1. The maximum absolute atomic E-state index is 12.1. The average molecular weight is 262 g/mol. The van der Waals surface area contributed by atoms with Crippen molar-refractivity contribution in [2.24, 2.45) is 11.8 Å². The molecule has 1 aliphatic rings. The van der Waals surface area contributed by atoms with Gasteiger partial charge >= 0.3 is 0 Å². The van der Waals surface area contributed by atoms with Crippen LogP contribution in [0.15, 0.2) is 12.1 Å². The number of nitrogens with two attached hydrogens (primary N) is 1. The lowest BCUT2D eigenvalue weighted by molar-refractivity contribution is 0.0939. The molecule has 1 fully saturated rings. The molecule has 104 valence electrons. The van der Waals surface area contributed by atoms with E-state index in [-0.39, 0.29) is 5.91 Å². The summed E-state index contributed by atoms with van der Waals surface area (Å²) in [5, 5.41) is 2.99. The molecule has 1 aliphatic carbocycles. The molecule has 1 saturated carbocycles. The van der Waals surface area contributed by atoms with Crippen LogP contribution in [0.5, 0.6) is 0 Å². The van der Waals surface area contributed by atoms with E-state index in [0.29, 0.717) is 17.3 Å². The molecular formula is C14H22N4O. The Morgan fingerprint density at radius 1 is 1.47 bits per heavy atom. The molecule has 19 heavy (non-hydrogen) atoms. The van der Waals surface area contributed by atoms with E-state index in [4.69, 9.17) is 5.84 Å². The highest BCUT2D eigenvalue weighted by molar-refractivity contribution is 5.95. The number of anilines is 1. The third-order valence-electron chi connectivity index (χ3n) is 3.57. The minimum absolute atomic E-state index is 0.0387. The molecule has 0 radical (unpaired) electrons. The summed E-state index contributed by atoms with van der Waals surface area (Å²) in [6, 6.07) is 3.54. The number of nitrogens with one attached hydrogen (secondary N) is 2. The monoisotopic (exact) mass is 262 g/mol. The normalized spacial score (nSPS) is 14.8. The first-order valence-corrected chi connectivity index (χ1v) is 6.98. The first-order chi connectivity index (χ1) is 9.22. The highest BCUT2D eigenvalue weighted by Gasteiger charge is 2.18. The zero-order valence-electron chi connectivity index (χ0n) is 11.4. The van der Waals surface area contributed by atoms with Gasteiger partial charge in [-0.1, -0.05) is 19.8 Å². The number of nitrogen functional groups attached to an aromatic ring is 1. The minimum atomic E-state index is -0.0387. The van der Waals surface area contributed by atoms with E-state index in [0.717, 1.165) is 25.1 Å². The van der Waals surface area contributed by atoms with Crippen molar-refractivity contribution >= 4 is 11.7 Å². The van der Waals surface area contributed by atoms with Crippen molar-refractivity contribution in [3.63, 3.8) is 0 Å². The van der Waals surface area contributed by atoms with Gasteiger partial charge in [0.05, 0.1) is 0 Å². The van der Waals surface area contributed by atoms with E-state index in [1.54, 1.807) is 6.07 Å². The first-order valence-electron chi connectivity index (χ1n) is 6.98. The van der Waals surface area contributed by atoms with Gasteiger partial charge in [0, 0.05) is 17.8 Å². The van der Waals surface area contributed by atoms with Gasteiger partial charge in [0.15, 0.2) is 0 Å². The van der Waals surface area contributed by atoms with Crippen LogP contribution in [-0.4, -0.2) is 17.4 Å². The van der Waals surface area contributed by atoms with Gasteiger partial charge in [0.25, 0.3) is 5.91 Å². The predicted molar refractivity (Wildman–Crippen MR) is 75.7 cm³/mol. The summed E-state index contributed by atoms with van der Waals surface area (Å²) in [5.41, 5.74) is 4.04. The summed E-state index contributed by atoms with van der Waals surface area (Å²) in [4.78, 5) is 16.4. The Hall–Kier alpha value is -1.62. The molecule has 0 spiro atoms. The molecular weight excluding hydrogens is 240 g/mol. The van der Waals surface area contributed by atoms with Crippen LogP contribution in [0.2, 0.25) is 0 Å². The fourth-order valence-corrected chi connectivity index (χ4v) is 2.21. The van der Waals surface area contributed by atoms with Gasteiger partial charge < -0.3 is 10.7 Å². The molecule has 1 amide bonds. The summed E-state index contributed by atoms with van der Waals surface area (Å²) in [5.74, 6) is 6.56. The number of aromatic nitrogens is 1. The molecule has 1 aromatic rings. The number of carbonyl (C=O) groups is 1. The van der Waals surface area contributed by atoms with Crippen molar-refractivity contribution in [3.05, 3.63) is 23.4 Å². The Balaban J connectivity index is 2.03. The molecule has 5 nitrogen and oxygen atoms in total. The lowest BCUT2D eigenvalue weighted by Gasteiger charge is -2.25. The molecule has 4 N–H and O–H groups in total. The average Bonchev–Trinajstić information content (AvgIpc) is 2.36. The molecule has 0 saturated heterocycles. The van der Waals surface area contributed by atoms with E-state index in [9.17, 15) is 4.79 Å². The van der Waals surface area contributed by atoms with Gasteiger partial charge in [-0.15, -0.1) is 0 Å². The Morgan fingerprint density at radius 2 is 2.26 bits per heavy atom. The van der Waals surface area contributed by atoms with Gasteiger partial charge in [0.2, 0.25) is 0 Å². The van der Waals surface area contributed by atoms with Crippen molar-refractivity contribution in [2.75, 3.05) is 12.0 Å². The summed E-state index contributed by atoms with van der Waals surface area (Å²) in [6.07, 6.45) is 5.58. The lowest BCUT2D eigenvalue weighted by Crippen LogP contribution is -2.32. The topological polar surface area (TPSA) is 80.0 Å². The van der Waals surface area contributed by atoms with E-state index >= 15 is 0 Å². The van der Waals surface area contributed by atoms with Crippen LogP contribution in [-0.2, 0) is 6.42 Å². The maximum atomic E-state index is 12.1. The lowest BCUT2D eigenvalue weighted by atomic mass is 9.85. The zero-order valence-corrected chi connectivity index (χ0v) is 11.4. The van der Waals surface area contributed by atoms with Crippen LogP contribution < -0.4 is 16.6 Å². The fourth-order valence-electron chi connectivity index (χ4n) is 2.21. The Morgan fingerprint density at radius 3 is 2.84 bits per heavy atom. The highest BCUT2D eigenvalue weighted by Crippen LogP contribution is 2.25. The molecule has 1 aromatic heterocycles. The van der Waals surface area contributed by atoms with E-state index in [1.165, 1.54) is 19.3 Å². The smallest absolute Gasteiger partial charge is 0.251 e. The van der Waals surface area contributed by atoms with Crippen molar-refractivity contribution < 1.29 is 4.79 Å². The fraction of sp³-hybridized carbons (Fsp3) is 0.571. The second kappa shape index (κ2) is 6.52. The molecule has 0 bridgehead atoms. The number of pyridine rings is 1. The van der Waals surface area contributed by atoms with Crippen LogP contribution in [0.4, 0.5) is 5.82 Å². The van der Waals surface area contributed by atoms with Crippen LogP contribution in [0.3, 0.4) is 0 Å². The largest absolute Gasteiger partial charge is 0.352 e. The number of carbonyl (C=O) groups excluding carboxylic acids is 1. The van der Waals surface area contributed by atoms with Crippen molar-refractivity contribution in [3.8, 4) is 0 Å². The minimum Gasteiger partial charge on any atom is -0.352 e. The molecule has 0 aromatic carbocycles. The summed E-state index contributed by atoms with van der Waals surface area (Å²) in [6.45, 7) is 2.86. The Bertz CT molecular complexity index is 443. The second-order valence-electron chi connectivity index (χ2n) is 5.13.